The van der Waals surface area contributed by atoms with Gasteiger partial charge in [0.25, 0.3) is 0 Å². The zero-order valence-corrected chi connectivity index (χ0v) is 13.0. The van der Waals surface area contributed by atoms with Crippen LogP contribution in [0.3, 0.4) is 0 Å². The largest absolute Gasteiger partial charge is 0.337 e. The van der Waals surface area contributed by atoms with Crippen molar-refractivity contribution < 1.29 is 13.2 Å². The van der Waals surface area contributed by atoms with Gasteiger partial charge in [-0.2, -0.15) is 0 Å². The Morgan fingerprint density at radius 2 is 2.16 bits per heavy atom. The smallest absolute Gasteiger partial charge is 0.239 e. The van der Waals surface area contributed by atoms with E-state index in [1.807, 2.05) is 24.4 Å². The maximum atomic E-state index is 12.1. The summed E-state index contributed by atoms with van der Waals surface area (Å²) >= 11 is 1.58. The second kappa shape index (κ2) is 6.49. The molecule has 1 aromatic rings. The van der Waals surface area contributed by atoms with Crippen molar-refractivity contribution in [3.05, 3.63) is 22.4 Å². The van der Waals surface area contributed by atoms with Crippen molar-refractivity contribution in [3.63, 3.8) is 0 Å². The third-order valence-corrected chi connectivity index (χ3v) is 5.02. The first-order valence-electron chi connectivity index (χ1n) is 5.95. The summed E-state index contributed by atoms with van der Waals surface area (Å²) in [5.74, 6) is -0.300. The van der Waals surface area contributed by atoms with Crippen LogP contribution in [0.4, 0.5) is 0 Å². The fourth-order valence-electron chi connectivity index (χ4n) is 1.64. The third-order valence-electron chi connectivity index (χ3n) is 3.00. The molecule has 0 aromatic carbocycles. The van der Waals surface area contributed by atoms with Crippen LogP contribution in [0.2, 0.25) is 0 Å². The molecule has 2 N–H and O–H groups in total. The normalized spacial score (nSPS) is 14.9. The summed E-state index contributed by atoms with van der Waals surface area (Å²) in [6.07, 6.45) is 1.29. The van der Waals surface area contributed by atoms with Crippen molar-refractivity contribution in [2.24, 2.45) is 5.73 Å². The molecular weight excluding hydrogens is 284 g/mol. The maximum absolute atomic E-state index is 12.1. The van der Waals surface area contributed by atoms with Gasteiger partial charge in [-0.15, -0.1) is 11.3 Å². The van der Waals surface area contributed by atoms with Crippen LogP contribution in [0.5, 0.6) is 0 Å². The minimum Gasteiger partial charge on any atom is -0.337 e. The minimum absolute atomic E-state index is 0.0585. The van der Waals surface area contributed by atoms with E-state index in [1.165, 1.54) is 0 Å². The number of carbonyl (C=O) groups excluding carboxylic acids is 1. The minimum atomic E-state index is -3.09. The van der Waals surface area contributed by atoms with Gasteiger partial charge in [0.15, 0.2) is 0 Å². The fourth-order valence-corrected chi connectivity index (χ4v) is 3.15. The number of nitrogens with zero attached hydrogens (tertiary/aromatic N) is 1. The summed E-state index contributed by atoms with van der Waals surface area (Å²) in [6, 6.07) is 3.05. The molecule has 2 atom stereocenters. The van der Waals surface area contributed by atoms with Gasteiger partial charge in [0, 0.05) is 18.2 Å². The molecule has 0 radical (unpaired) electrons. The topological polar surface area (TPSA) is 80.5 Å². The van der Waals surface area contributed by atoms with E-state index in [1.54, 1.807) is 23.3 Å². The second-order valence-electron chi connectivity index (χ2n) is 4.67. The summed E-state index contributed by atoms with van der Waals surface area (Å²) in [7, 11) is -1.40. The Balaban J connectivity index is 2.61. The molecule has 5 nitrogen and oxygen atoms in total. The Morgan fingerprint density at radius 3 is 2.63 bits per heavy atom. The second-order valence-corrected chi connectivity index (χ2v) is 7.90. The number of rotatable bonds is 6. The number of sulfone groups is 1. The van der Waals surface area contributed by atoms with E-state index in [4.69, 9.17) is 5.73 Å². The molecule has 0 spiro atoms. The molecule has 0 saturated carbocycles. The van der Waals surface area contributed by atoms with E-state index in [0.717, 1.165) is 11.1 Å². The fraction of sp³-hybridized carbons (Fsp3) is 0.583. The number of hydrogen-bond donors (Lipinski definition) is 1. The molecule has 19 heavy (non-hydrogen) atoms. The number of hydrogen-bond acceptors (Lipinski definition) is 5. The number of thiophene rings is 1. The zero-order valence-electron chi connectivity index (χ0n) is 11.4. The highest BCUT2D eigenvalue weighted by molar-refractivity contribution is 7.90. The molecule has 0 aliphatic rings. The predicted octanol–water partition coefficient (Wildman–Crippen LogP) is 1.03. The molecule has 0 aliphatic heterocycles. The molecular formula is C12H20N2O3S2. The first-order chi connectivity index (χ1) is 8.72. The van der Waals surface area contributed by atoms with E-state index in [2.05, 4.69) is 0 Å². The van der Waals surface area contributed by atoms with Gasteiger partial charge >= 0.3 is 0 Å². The van der Waals surface area contributed by atoms with E-state index in [9.17, 15) is 13.2 Å². The zero-order chi connectivity index (χ0) is 14.6. The van der Waals surface area contributed by atoms with Crippen LogP contribution in [0, 0.1) is 0 Å². The average molecular weight is 304 g/mol. The molecule has 1 aromatic heterocycles. The highest BCUT2D eigenvalue weighted by Gasteiger charge is 2.24. The molecule has 0 aliphatic carbocycles. The van der Waals surface area contributed by atoms with Gasteiger partial charge in [0.2, 0.25) is 5.91 Å². The lowest BCUT2D eigenvalue weighted by Gasteiger charge is -2.26. The number of carbonyl (C=O) groups is 1. The van der Waals surface area contributed by atoms with Gasteiger partial charge in [-0.3, -0.25) is 4.79 Å². The maximum Gasteiger partial charge on any atom is 0.239 e. The lowest BCUT2D eigenvalue weighted by Crippen LogP contribution is -2.43. The summed E-state index contributed by atoms with van der Waals surface area (Å²) < 4.78 is 22.1. The van der Waals surface area contributed by atoms with E-state index in [-0.39, 0.29) is 24.1 Å². The van der Waals surface area contributed by atoms with Crippen molar-refractivity contribution in [3.8, 4) is 0 Å². The number of nitrogens with two attached hydrogens (primary N) is 1. The third kappa shape index (κ3) is 4.93. The molecule has 108 valence electrons. The SMILES string of the molecule is CC(c1cccs1)N(C)C(=O)C(N)CCS(C)(=O)=O. The van der Waals surface area contributed by atoms with Crippen LogP contribution in [-0.2, 0) is 14.6 Å². The first kappa shape index (κ1) is 16.1. The molecule has 0 bridgehead atoms. The molecule has 7 heteroatoms. The highest BCUT2D eigenvalue weighted by atomic mass is 32.2. The predicted molar refractivity (Wildman–Crippen MR) is 77.8 cm³/mol. The standard InChI is InChI=1S/C12H20N2O3S2/c1-9(11-5-4-7-18-11)14(2)12(15)10(13)6-8-19(3,16)17/h4-5,7,9-10H,6,8,13H2,1-3H3. The number of likely N-dealkylation sites (N-methyl/N-ethyl adjacent to an activating group) is 1. The highest BCUT2D eigenvalue weighted by Crippen LogP contribution is 2.23. The Labute approximate surface area is 118 Å². The summed E-state index contributed by atoms with van der Waals surface area (Å²) in [5, 5.41) is 1.95. The quantitative estimate of drug-likeness (QED) is 0.851. The Morgan fingerprint density at radius 1 is 1.53 bits per heavy atom. The monoisotopic (exact) mass is 304 g/mol. The van der Waals surface area contributed by atoms with E-state index >= 15 is 0 Å². The van der Waals surface area contributed by atoms with Crippen LogP contribution in [-0.4, -0.2) is 44.3 Å². The summed E-state index contributed by atoms with van der Waals surface area (Å²) in [5.41, 5.74) is 5.76. The van der Waals surface area contributed by atoms with Crippen molar-refractivity contribution in [2.75, 3.05) is 19.1 Å². The summed E-state index contributed by atoms with van der Waals surface area (Å²) in [6.45, 7) is 1.92. The van der Waals surface area contributed by atoms with E-state index in [0.29, 0.717) is 0 Å². The molecule has 1 heterocycles. The summed E-state index contributed by atoms with van der Waals surface area (Å²) in [4.78, 5) is 14.8. The van der Waals surface area contributed by atoms with Crippen molar-refractivity contribution in [1.82, 2.24) is 4.90 Å². The van der Waals surface area contributed by atoms with Crippen LogP contribution < -0.4 is 5.73 Å². The van der Waals surface area contributed by atoms with Crippen LogP contribution in [0.15, 0.2) is 17.5 Å². The Bertz CT molecular complexity index is 511. The van der Waals surface area contributed by atoms with Crippen molar-refractivity contribution in [2.45, 2.75) is 25.4 Å². The van der Waals surface area contributed by atoms with Crippen LogP contribution in [0.1, 0.15) is 24.3 Å². The first-order valence-corrected chi connectivity index (χ1v) is 8.90. The Hall–Kier alpha value is -0.920. The average Bonchev–Trinajstić information content (AvgIpc) is 2.86. The van der Waals surface area contributed by atoms with Crippen LogP contribution in [0.25, 0.3) is 0 Å². The Kier molecular flexibility index (Phi) is 5.51. The molecule has 1 rings (SSSR count). The van der Waals surface area contributed by atoms with Crippen LogP contribution >= 0.6 is 11.3 Å². The molecule has 0 fully saturated rings. The lowest BCUT2D eigenvalue weighted by molar-refractivity contribution is -0.133. The van der Waals surface area contributed by atoms with Gasteiger partial charge in [-0.05, 0) is 24.8 Å². The lowest BCUT2D eigenvalue weighted by atomic mass is 10.1. The molecule has 2 unspecified atom stereocenters. The van der Waals surface area contributed by atoms with E-state index < -0.39 is 15.9 Å². The van der Waals surface area contributed by atoms with Gasteiger partial charge < -0.3 is 10.6 Å². The molecule has 1 amide bonds. The van der Waals surface area contributed by atoms with Gasteiger partial charge in [0.1, 0.15) is 9.84 Å². The van der Waals surface area contributed by atoms with Gasteiger partial charge in [0.05, 0.1) is 17.8 Å². The number of amides is 1. The van der Waals surface area contributed by atoms with Crippen molar-refractivity contribution in [1.29, 1.82) is 0 Å². The van der Waals surface area contributed by atoms with Gasteiger partial charge in [-0.25, -0.2) is 8.42 Å². The molecule has 0 saturated heterocycles. The van der Waals surface area contributed by atoms with Crippen molar-refractivity contribution >= 4 is 27.1 Å². The van der Waals surface area contributed by atoms with Gasteiger partial charge in [-0.1, -0.05) is 6.07 Å².